The zero-order valence-electron chi connectivity index (χ0n) is 12.5. The number of hydroxylamine groups is 1. The van der Waals surface area contributed by atoms with Crippen LogP contribution in [0.1, 0.15) is 37.3 Å². The van der Waals surface area contributed by atoms with E-state index < -0.39 is 0 Å². The minimum absolute atomic E-state index is 0.645. The van der Waals surface area contributed by atoms with Crippen molar-refractivity contribution >= 4 is 34.4 Å². The van der Waals surface area contributed by atoms with Crippen LogP contribution >= 0.6 is 22.6 Å². The van der Waals surface area contributed by atoms with Crippen LogP contribution in [0.15, 0.2) is 24.3 Å². The molecule has 0 N–H and O–H groups in total. The van der Waals surface area contributed by atoms with Crippen LogP contribution in [-0.2, 0) is 0 Å². The van der Waals surface area contributed by atoms with Crippen LogP contribution < -0.4 is 5.06 Å². The van der Waals surface area contributed by atoms with Crippen LogP contribution in [0, 0.1) is 24.0 Å². The topological polar surface area (TPSA) is 26.3 Å². The molecule has 3 atom stereocenters. The molecule has 20 heavy (non-hydrogen) atoms. The molecule has 0 spiro atoms. The predicted octanol–water partition coefficient (Wildman–Crippen LogP) is 5.18. The molecule has 2 nitrogen and oxygen atoms in total. The third kappa shape index (κ3) is 3.98. The summed E-state index contributed by atoms with van der Waals surface area (Å²) >= 11 is 2.57. The van der Waals surface area contributed by atoms with Crippen molar-refractivity contribution in [2.75, 3.05) is 12.1 Å². The number of rotatable bonds is 3. The Hall–Kier alpha value is -0.550. The van der Waals surface area contributed by atoms with Gasteiger partial charge in [0.15, 0.2) is 0 Å². The molecule has 3 unspecified atom stereocenters. The molecule has 0 aromatic heterocycles. The highest BCUT2D eigenvalue weighted by molar-refractivity contribution is 14.1. The Labute approximate surface area is 136 Å². The standard InChI is InChI=1S/C17H23INO/c1-12-4-5-15(17(10-12)19(3)20)7-6-14-8-9-16(18)11-13(14)2/h4-7,10,13-14,16H,8-9,11H2,1-3H3/q-1/b7-6+. The van der Waals surface area contributed by atoms with Gasteiger partial charge in [0, 0.05) is 9.61 Å². The Bertz CT molecular complexity index is 484. The number of hydrogen-bond acceptors (Lipinski definition) is 2. The van der Waals surface area contributed by atoms with E-state index >= 15 is 0 Å². The number of anilines is 1. The van der Waals surface area contributed by atoms with Crippen molar-refractivity contribution in [3.63, 3.8) is 0 Å². The monoisotopic (exact) mass is 384 g/mol. The number of benzene rings is 1. The Morgan fingerprint density at radius 2 is 2.10 bits per heavy atom. The van der Waals surface area contributed by atoms with E-state index in [-0.39, 0.29) is 0 Å². The fourth-order valence-corrected chi connectivity index (χ4v) is 4.10. The van der Waals surface area contributed by atoms with Crippen LogP contribution in [-0.4, -0.2) is 11.0 Å². The lowest BCUT2D eigenvalue weighted by atomic mass is 9.80. The molecule has 0 aliphatic heterocycles. The van der Waals surface area contributed by atoms with Crippen LogP contribution in [0.4, 0.5) is 5.69 Å². The van der Waals surface area contributed by atoms with Crippen molar-refractivity contribution in [1.82, 2.24) is 0 Å². The van der Waals surface area contributed by atoms with Crippen LogP contribution in [0.5, 0.6) is 0 Å². The minimum atomic E-state index is 0.645. The first kappa shape index (κ1) is 15.8. The summed E-state index contributed by atoms with van der Waals surface area (Å²) in [5, 5.41) is 12.6. The van der Waals surface area contributed by atoms with E-state index in [4.69, 9.17) is 0 Å². The number of nitrogens with zero attached hydrogens (tertiary/aromatic N) is 1. The van der Waals surface area contributed by atoms with Gasteiger partial charge in [-0.25, -0.2) is 0 Å². The first-order valence-corrected chi connectivity index (χ1v) is 8.55. The van der Waals surface area contributed by atoms with E-state index in [9.17, 15) is 5.21 Å². The lowest BCUT2D eigenvalue weighted by Gasteiger charge is -2.30. The van der Waals surface area contributed by atoms with Gasteiger partial charge in [-0.15, -0.1) is 0 Å². The number of alkyl halides is 1. The van der Waals surface area contributed by atoms with Crippen molar-refractivity contribution in [2.45, 2.75) is 37.0 Å². The molecule has 0 amide bonds. The van der Waals surface area contributed by atoms with Gasteiger partial charge in [-0.2, -0.15) is 0 Å². The number of halogens is 1. The summed E-state index contributed by atoms with van der Waals surface area (Å²) in [5.74, 6) is 1.38. The molecule has 3 heteroatoms. The van der Waals surface area contributed by atoms with E-state index in [0.717, 1.165) is 31.7 Å². The smallest absolute Gasteiger partial charge is 0.0333 e. The highest BCUT2D eigenvalue weighted by atomic mass is 127. The molecule has 0 heterocycles. The Kier molecular flexibility index (Phi) is 5.49. The summed E-state index contributed by atoms with van der Waals surface area (Å²) in [4.78, 5) is 0. The first-order chi connectivity index (χ1) is 9.47. The normalized spacial score (nSPS) is 26.9. The fourth-order valence-electron chi connectivity index (χ4n) is 2.93. The second-order valence-corrected chi connectivity index (χ2v) is 7.73. The van der Waals surface area contributed by atoms with E-state index in [0.29, 0.717) is 5.92 Å². The Morgan fingerprint density at radius 3 is 2.75 bits per heavy atom. The third-order valence-corrected chi connectivity index (χ3v) is 5.35. The van der Waals surface area contributed by atoms with Crippen molar-refractivity contribution < 1.29 is 0 Å². The largest absolute Gasteiger partial charge is 0.758 e. The molecule has 1 fully saturated rings. The zero-order chi connectivity index (χ0) is 14.7. The predicted molar refractivity (Wildman–Crippen MR) is 96.3 cm³/mol. The molecule has 1 aliphatic carbocycles. The summed E-state index contributed by atoms with van der Waals surface area (Å²) in [7, 11) is 1.57. The maximum atomic E-state index is 11.7. The van der Waals surface area contributed by atoms with Gasteiger partial charge in [-0.3, -0.25) is 0 Å². The highest BCUT2D eigenvalue weighted by Gasteiger charge is 2.24. The molecular formula is C17H23INO-. The van der Waals surface area contributed by atoms with Crippen LogP contribution in [0.25, 0.3) is 6.08 Å². The molecule has 1 aliphatic rings. The van der Waals surface area contributed by atoms with Crippen molar-refractivity contribution in [3.05, 3.63) is 40.6 Å². The van der Waals surface area contributed by atoms with Gasteiger partial charge in [0.2, 0.25) is 0 Å². The molecule has 2 rings (SSSR count). The van der Waals surface area contributed by atoms with Crippen LogP contribution in [0.2, 0.25) is 0 Å². The molecular weight excluding hydrogens is 361 g/mol. The van der Waals surface area contributed by atoms with Gasteiger partial charge in [-0.1, -0.05) is 53.8 Å². The molecule has 1 aromatic carbocycles. The third-order valence-electron chi connectivity index (χ3n) is 4.22. The van der Waals surface area contributed by atoms with Crippen molar-refractivity contribution in [1.29, 1.82) is 0 Å². The molecule has 1 saturated carbocycles. The Balaban J connectivity index is 2.15. The second-order valence-electron chi connectivity index (χ2n) is 5.97. The van der Waals surface area contributed by atoms with Gasteiger partial charge >= 0.3 is 0 Å². The second kappa shape index (κ2) is 6.94. The molecule has 110 valence electrons. The molecule has 1 aromatic rings. The van der Waals surface area contributed by atoms with E-state index in [1.54, 1.807) is 7.05 Å². The SMILES string of the molecule is Cc1ccc(/C=C/C2CCC(I)CC2C)c(N(C)[O-])c1. The Morgan fingerprint density at radius 1 is 1.35 bits per heavy atom. The maximum Gasteiger partial charge on any atom is 0.0333 e. The van der Waals surface area contributed by atoms with Gasteiger partial charge in [0.1, 0.15) is 0 Å². The van der Waals surface area contributed by atoms with Gasteiger partial charge < -0.3 is 10.3 Å². The summed E-state index contributed by atoms with van der Waals surface area (Å²) in [5.41, 5.74) is 2.91. The lowest BCUT2D eigenvalue weighted by Crippen LogP contribution is -2.21. The average Bonchev–Trinajstić information content (AvgIpc) is 2.38. The number of hydrogen-bond donors (Lipinski definition) is 0. The summed E-state index contributed by atoms with van der Waals surface area (Å²) in [6, 6.07) is 6.07. The highest BCUT2D eigenvalue weighted by Crippen LogP contribution is 2.35. The summed E-state index contributed by atoms with van der Waals surface area (Å²) < 4.78 is 0.829. The van der Waals surface area contributed by atoms with Crippen molar-refractivity contribution in [3.8, 4) is 0 Å². The zero-order valence-corrected chi connectivity index (χ0v) is 14.6. The first-order valence-electron chi connectivity index (χ1n) is 7.31. The quantitative estimate of drug-likeness (QED) is 0.408. The molecule has 0 bridgehead atoms. The van der Waals surface area contributed by atoms with E-state index in [2.05, 4.69) is 47.7 Å². The summed E-state index contributed by atoms with van der Waals surface area (Å²) in [6.07, 6.45) is 8.32. The van der Waals surface area contributed by atoms with Gasteiger partial charge in [0.25, 0.3) is 0 Å². The van der Waals surface area contributed by atoms with Crippen LogP contribution in [0.3, 0.4) is 0 Å². The molecule has 0 radical (unpaired) electrons. The van der Waals surface area contributed by atoms with Crippen molar-refractivity contribution in [2.24, 2.45) is 11.8 Å². The van der Waals surface area contributed by atoms with E-state index in [1.165, 1.54) is 19.3 Å². The van der Waals surface area contributed by atoms with Gasteiger partial charge in [0.05, 0.1) is 0 Å². The average molecular weight is 384 g/mol. The maximum absolute atomic E-state index is 11.7. The summed E-state index contributed by atoms with van der Waals surface area (Å²) in [6.45, 7) is 4.36. The number of allylic oxidation sites excluding steroid dienone is 1. The van der Waals surface area contributed by atoms with Gasteiger partial charge in [-0.05, 0) is 62.3 Å². The lowest BCUT2D eigenvalue weighted by molar-refractivity contribution is 0.320. The number of aryl methyl sites for hydroxylation is 1. The van der Waals surface area contributed by atoms with E-state index in [1.807, 2.05) is 19.1 Å². The minimum Gasteiger partial charge on any atom is -0.758 e. The fraction of sp³-hybridized carbons (Fsp3) is 0.529. The molecule has 0 saturated heterocycles.